The van der Waals surface area contributed by atoms with Crippen molar-refractivity contribution in [3.63, 3.8) is 0 Å². The third-order valence-electron chi connectivity index (χ3n) is 7.93. The minimum atomic E-state index is -1.39. The number of hydrogen-bond acceptors (Lipinski definition) is 9. The number of methoxy groups -OCH3 is 2. The van der Waals surface area contributed by atoms with Gasteiger partial charge in [-0.15, -0.1) is 0 Å². The Labute approximate surface area is 272 Å². The Kier molecular flexibility index (Phi) is 12.1. The third-order valence-corrected chi connectivity index (χ3v) is 7.93. The molecule has 13 nitrogen and oxygen atoms in total. The zero-order valence-electron chi connectivity index (χ0n) is 27.2. The molecule has 0 saturated carbocycles. The third kappa shape index (κ3) is 8.76. The lowest BCUT2D eigenvalue weighted by Crippen LogP contribution is -2.53. The summed E-state index contributed by atoms with van der Waals surface area (Å²) in [5.41, 5.74) is 3.36. The molecule has 2 aromatic carbocycles. The highest BCUT2D eigenvalue weighted by Crippen LogP contribution is 2.21. The number of benzene rings is 2. The van der Waals surface area contributed by atoms with Crippen LogP contribution in [0.1, 0.15) is 31.9 Å². The highest BCUT2D eigenvalue weighted by molar-refractivity contribution is 5.94. The number of oxime groups is 1. The predicted octanol–water partition coefficient (Wildman–Crippen LogP) is 2.36. The molecule has 2 amide bonds. The van der Waals surface area contributed by atoms with E-state index in [1.54, 1.807) is 12.4 Å². The van der Waals surface area contributed by atoms with Crippen molar-refractivity contribution in [2.75, 3.05) is 20.8 Å². The number of aromatic amines is 2. The van der Waals surface area contributed by atoms with Crippen molar-refractivity contribution in [3.8, 4) is 0 Å². The summed E-state index contributed by atoms with van der Waals surface area (Å²) in [6, 6.07) is 13.0. The molecule has 0 radical (unpaired) electrons. The first-order valence-electron chi connectivity index (χ1n) is 15.4. The number of aliphatic hydroxyl groups excluding tert-OH is 2. The molecule has 13 heteroatoms. The summed E-state index contributed by atoms with van der Waals surface area (Å²) in [5, 5.41) is 31.7. The molecule has 0 aliphatic rings. The van der Waals surface area contributed by atoms with E-state index in [9.17, 15) is 24.6 Å². The number of nitrogens with one attached hydrogen (secondary N) is 4. The van der Waals surface area contributed by atoms with E-state index in [0.717, 1.165) is 32.9 Å². The zero-order valence-corrected chi connectivity index (χ0v) is 27.2. The van der Waals surface area contributed by atoms with Gasteiger partial charge in [-0.05, 0) is 36.1 Å². The summed E-state index contributed by atoms with van der Waals surface area (Å²) < 4.78 is 10.5. The first-order valence-corrected chi connectivity index (χ1v) is 15.4. The van der Waals surface area contributed by atoms with Crippen molar-refractivity contribution in [1.82, 2.24) is 20.6 Å². The van der Waals surface area contributed by atoms with Crippen LogP contribution in [0.4, 0.5) is 0 Å². The van der Waals surface area contributed by atoms with E-state index in [4.69, 9.17) is 14.3 Å². The van der Waals surface area contributed by atoms with Crippen molar-refractivity contribution in [2.45, 2.75) is 64.0 Å². The van der Waals surface area contributed by atoms with E-state index in [1.807, 2.05) is 62.4 Å². The van der Waals surface area contributed by atoms with E-state index in [0.29, 0.717) is 0 Å². The van der Waals surface area contributed by atoms with E-state index in [1.165, 1.54) is 21.1 Å². The maximum atomic E-state index is 13.8. The number of H-pyrrole nitrogens is 2. The maximum absolute atomic E-state index is 13.8. The molecule has 4 rings (SSSR count). The fourth-order valence-corrected chi connectivity index (χ4v) is 5.52. The lowest BCUT2D eigenvalue weighted by Gasteiger charge is -2.25. The summed E-state index contributed by atoms with van der Waals surface area (Å²) >= 11 is 0. The first kappa shape index (κ1) is 35.1. The molecule has 4 aromatic rings. The number of esters is 1. The van der Waals surface area contributed by atoms with Crippen LogP contribution in [0, 0.1) is 5.92 Å². The van der Waals surface area contributed by atoms with Crippen LogP contribution in [0.25, 0.3) is 21.8 Å². The number of hydrogen-bond donors (Lipinski definition) is 6. The fourth-order valence-electron chi connectivity index (χ4n) is 5.52. The predicted molar refractivity (Wildman–Crippen MR) is 177 cm³/mol. The number of fused-ring (bicyclic) bond motifs is 2. The molecule has 2 aromatic heterocycles. The number of nitrogens with zero attached hydrogens (tertiary/aromatic N) is 1. The molecule has 5 atom stereocenters. The van der Waals surface area contributed by atoms with Crippen LogP contribution in [0.15, 0.2) is 66.1 Å². The van der Waals surface area contributed by atoms with Crippen LogP contribution in [0.3, 0.4) is 0 Å². The quantitative estimate of drug-likeness (QED) is 0.0606. The number of aromatic nitrogens is 2. The lowest BCUT2D eigenvalue weighted by molar-refractivity contribution is -0.145. The number of ether oxygens (including phenoxy) is 2. The van der Waals surface area contributed by atoms with E-state index in [2.05, 4.69) is 25.8 Å². The van der Waals surface area contributed by atoms with Gasteiger partial charge in [0.05, 0.1) is 13.2 Å². The van der Waals surface area contributed by atoms with E-state index >= 15 is 0 Å². The standard InChI is InChI=1S/C34H43N5O8/c1-19(2)32(45-4)30(31(42)20(3)40)39-47-18-29(41)37-27(14-21-16-35-25-12-8-6-10-23(21)25)33(43)38-28(34(44)46-5)15-22-17-36-26-13-9-7-11-24(22)26/h6-13,16-17,19-20,27-28,31-32,35-36,40,42H,14-15,18H2,1-5H3,(H,37,41)(H,38,43)/b39-30+/t20-,27?,28?,31+,32+/m1/s1. The van der Waals surface area contributed by atoms with Crippen molar-refractivity contribution >= 4 is 45.3 Å². The number of aliphatic hydroxyl groups is 2. The van der Waals surface area contributed by atoms with Gasteiger partial charge in [0, 0.05) is 54.2 Å². The smallest absolute Gasteiger partial charge is 0.328 e. The second-order valence-corrected chi connectivity index (χ2v) is 11.7. The van der Waals surface area contributed by atoms with Crippen molar-refractivity contribution in [3.05, 3.63) is 72.1 Å². The normalized spacial score (nSPS) is 15.2. The molecule has 0 aliphatic carbocycles. The molecular formula is C34H43N5O8. The Morgan fingerprint density at radius 3 is 1.89 bits per heavy atom. The molecule has 252 valence electrons. The summed E-state index contributed by atoms with van der Waals surface area (Å²) in [5.74, 6) is -2.04. The van der Waals surface area contributed by atoms with E-state index in [-0.39, 0.29) is 24.5 Å². The number of rotatable bonds is 16. The summed E-state index contributed by atoms with van der Waals surface area (Å²) in [6.45, 7) is 4.49. The van der Waals surface area contributed by atoms with Gasteiger partial charge in [-0.25, -0.2) is 4.79 Å². The number of carbonyl (C=O) groups is 3. The Morgan fingerprint density at radius 1 is 0.830 bits per heavy atom. The topological polar surface area (TPSA) is 187 Å². The van der Waals surface area contributed by atoms with Gasteiger partial charge in [0.1, 0.15) is 30.0 Å². The van der Waals surface area contributed by atoms with Crippen LogP contribution >= 0.6 is 0 Å². The van der Waals surface area contributed by atoms with Crippen LogP contribution < -0.4 is 10.6 Å². The van der Waals surface area contributed by atoms with Gasteiger partial charge in [0.15, 0.2) is 6.61 Å². The van der Waals surface area contributed by atoms with Gasteiger partial charge in [-0.1, -0.05) is 55.4 Å². The van der Waals surface area contributed by atoms with E-state index < -0.39 is 54.8 Å². The number of carbonyl (C=O) groups excluding carboxylic acids is 3. The van der Waals surface area contributed by atoms with Gasteiger partial charge in [0.25, 0.3) is 5.91 Å². The maximum Gasteiger partial charge on any atom is 0.328 e. The molecule has 0 saturated heterocycles. The summed E-state index contributed by atoms with van der Waals surface area (Å²) in [6.07, 6.45) is 0.553. The Balaban J connectivity index is 1.55. The Bertz CT molecular complexity index is 1690. The Hall–Kier alpha value is -4.72. The molecule has 2 unspecified atom stereocenters. The second kappa shape index (κ2) is 16.2. The second-order valence-electron chi connectivity index (χ2n) is 11.7. The molecule has 6 N–H and O–H groups in total. The van der Waals surface area contributed by atoms with Gasteiger partial charge >= 0.3 is 5.97 Å². The monoisotopic (exact) mass is 649 g/mol. The highest BCUT2D eigenvalue weighted by Gasteiger charge is 2.31. The minimum absolute atomic E-state index is 0.0246. The van der Waals surface area contributed by atoms with Crippen LogP contribution in [-0.4, -0.2) is 94.9 Å². The van der Waals surface area contributed by atoms with Crippen molar-refractivity contribution in [2.24, 2.45) is 11.1 Å². The van der Waals surface area contributed by atoms with Gasteiger partial charge in [0.2, 0.25) is 5.91 Å². The minimum Gasteiger partial charge on any atom is -0.467 e. The molecular weight excluding hydrogens is 606 g/mol. The average Bonchev–Trinajstić information content (AvgIpc) is 3.66. The van der Waals surface area contributed by atoms with Crippen molar-refractivity contribution < 1.29 is 38.9 Å². The molecule has 2 heterocycles. The average molecular weight is 650 g/mol. The first-order chi connectivity index (χ1) is 22.5. The van der Waals surface area contributed by atoms with Crippen LogP contribution in [0.5, 0.6) is 0 Å². The van der Waals surface area contributed by atoms with Crippen LogP contribution in [-0.2, 0) is 41.5 Å². The van der Waals surface area contributed by atoms with Gasteiger partial charge < -0.3 is 45.1 Å². The van der Waals surface area contributed by atoms with Gasteiger partial charge in [-0.3, -0.25) is 9.59 Å². The fraction of sp³-hybridized carbons (Fsp3) is 0.412. The highest BCUT2D eigenvalue weighted by atomic mass is 16.6. The van der Waals surface area contributed by atoms with Gasteiger partial charge in [-0.2, -0.15) is 0 Å². The molecule has 47 heavy (non-hydrogen) atoms. The molecule has 0 bridgehead atoms. The van der Waals surface area contributed by atoms with Crippen LogP contribution in [0.2, 0.25) is 0 Å². The molecule has 0 spiro atoms. The summed E-state index contributed by atoms with van der Waals surface area (Å²) in [4.78, 5) is 51.5. The summed E-state index contributed by atoms with van der Waals surface area (Å²) in [7, 11) is 2.69. The number of para-hydroxylation sites is 2. The Morgan fingerprint density at radius 2 is 1.38 bits per heavy atom. The molecule has 0 aliphatic heterocycles. The molecule has 0 fully saturated rings. The lowest BCUT2D eigenvalue weighted by atomic mass is 9.96. The van der Waals surface area contributed by atoms with Crippen molar-refractivity contribution in [1.29, 1.82) is 0 Å². The number of amides is 2. The zero-order chi connectivity index (χ0) is 34.1. The largest absolute Gasteiger partial charge is 0.467 e. The SMILES string of the molecule is COC(=O)C(Cc1c[nH]c2ccccc12)NC(=O)C(Cc1c[nH]c2ccccc12)NC(=O)CO/N=C(/[C@@H](OC)C(C)C)[C@@H](O)[C@@H](C)O.